The Bertz CT molecular complexity index is 1120. The number of amides is 2. The molecule has 0 aromatic heterocycles. The van der Waals surface area contributed by atoms with Crippen molar-refractivity contribution in [2.75, 3.05) is 10.6 Å². The molecule has 0 heterocycles. The third-order valence-corrected chi connectivity index (χ3v) is 4.66. The lowest BCUT2D eigenvalue weighted by Crippen LogP contribution is -2.15. The van der Waals surface area contributed by atoms with Gasteiger partial charge in [-0.3, -0.25) is 9.59 Å². The molecule has 30 heavy (non-hydrogen) atoms. The average molecular weight is 481 g/mol. The van der Waals surface area contributed by atoms with Gasteiger partial charge in [-0.1, -0.05) is 12.1 Å². The van der Waals surface area contributed by atoms with Crippen molar-refractivity contribution in [1.82, 2.24) is 0 Å². The van der Waals surface area contributed by atoms with Gasteiger partial charge >= 0.3 is 6.18 Å². The van der Waals surface area contributed by atoms with Crippen LogP contribution in [0.4, 0.5) is 28.9 Å². The fraction of sp³-hybridized carbons (Fsp3) is 0.0476. The van der Waals surface area contributed by atoms with Crippen molar-refractivity contribution in [2.45, 2.75) is 6.18 Å². The van der Waals surface area contributed by atoms with Gasteiger partial charge in [0.05, 0.1) is 11.1 Å². The van der Waals surface area contributed by atoms with Crippen LogP contribution in [0.5, 0.6) is 0 Å². The summed E-state index contributed by atoms with van der Waals surface area (Å²) in [6, 6.07) is 13.7. The minimum absolute atomic E-state index is 0.0143. The predicted molar refractivity (Wildman–Crippen MR) is 108 cm³/mol. The highest BCUT2D eigenvalue weighted by atomic mass is 79.9. The van der Waals surface area contributed by atoms with Crippen LogP contribution >= 0.6 is 15.9 Å². The Morgan fingerprint density at radius 3 is 2.10 bits per heavy atom. The number of benzene rings is 3. The molecule has 2 N–H and O–H groups in total. The highest BCUT2D eigenvalue weighted by Crippen LogP contribution is 2.30. The first-order valence-electron chi connectivity index (χ1n) is 8.48. The number of rotatable bonds is 4. The monoisotopic (exact) mass is 480 g/mol. The van der Waals surface area contributed by atoms with E-state index in [0.29, 0.717) is 0 Å². The first kappa shape index (κ1) is 21.5. The van der Waals surface area contributed by atoms with E-state index in [-0.39, 0.29) is 27.0 Å². The summed E-state index contributed by atoms with van der Waals surface area (Å²) in [5.74, 6) is -1.68. The van der Waals surface area contributed by atoms with Crippen LogP contribution in [0.25, 0.3) is 0 Å². The lowest BCUT2D eigenvalue weighted by molar-refractivity contribution is -0.137. The number of hydrogen-bond acceptors (Lipinski definition) is 2. The second-order valence-corrected chi connectivity index (χ2v) is 7.05. The van der Waals surface area contributed by atoms with Gasteiger partial charge in [-0.05, 0) is 70.5 Å². The van der Waals surface area contributed by atoms with Crippen LogP contribution in [0.15, 0.2) is 71.2 Å². The molecule has 0 saturated carbocycles. The Hall–Kier alpha value is -3.20. The molecule has 0 fully saturated rings. The van der Waals surface area contributed by atoms with E-state index in [1.165, 1.54) is 42.5 Å². The lowest BCUT2D eigenvalue weighted by Gasteiger charge is -2.11. The fourth-order valence-electron chi connectivity index (χ4n) is 2.59. The van der Waals surface area contributed by atoms with Crippen LogP contribution < -0.4 is 10.6 Å². The molecule has 4 nitrogen and oxygen atoms in total. The molecule has 0 atom stereocenters. The van der Waals surface area contributed by atoms with Gasteiger partial charge in [-0.2, -0.15) is 13.2 Å². The highest BCUT2D eigenvalue weighted by Gasteiger charge is 2.30. The fourth-order valence-corrected chi connectivity index (χ4v) is 3.12. The summed E-state index contributed by atoms with van der Waals surface area (Å²) in [5, 5.41) is 4.98. The summed E-state index contributed by atoms with van der Waals surface area (Å²) >= 11 is 3.11. The zero-order valence-corrected chi connectivity index (χ0v) is 16.6. The van der Waals surface area contributed by atoms with Crippen molar-refractivity contribution in [3.8, 4) is 0 Å². The quantitative estimate of drug-likeness (QED) is 0.442. The molecule has 9 heteroatoms. The van der Waals surface area contributed by atoms with Gasteiger partial charge in [0, 0.05) is 21.4 Å². The van der Waals surface area contributed by atoms with Gasteiger partial charge in [0.2, 0.25) is 0 Å². The van der Waals surface area contributed by atoms with E-state index in [9.17, 15) is 27.2 Å². The van der Waals surface area contributed by atoms with Crippen molar-refractivity contribution in [3.63, 3.8) is 0 Å². The van der Waals surface area contributed by atoms with Crippen molar-refractivity contribution in [1.29, 1.82) is 0 Å². The minimum Gasteiger partial charge on any atom is -0.322 e. The Morgan fingerprint density at radius 2 is 1.43 bits per heavy atom. The van der Waals surface area contributed by atoms with Crippen LogP contribution in [-0.2, 0) is 6.18 Å². The second-order valence-electron chi connectivity index (χ2n) is 6.19. The smallest absolute Gasteiger partial charge is 0.322 e. The Morgan fingerprint density at radius 1 is 0.800 bits per heavy atom. The average Bonchev–Trinajstić information content (AvgIpc) is 2.67. The third kappa shape index (κ3) is 5.24. The summed E-state index contributed by atoms with van der Waals surface area (Å²) in [6.07, 6.45) is -4.53. The Balaban J connectivity index is 1.75. The molecule has 0 aliphatic carbocycles. The number of hydrogen-bond donors (Lipinski definition) is 2. The maximum atomic E-state index is 13.2. The van der Waals surface area contributed by atoms with Crippen LogP contribution in [0.3, 0.4) is 0 Å². The number of alkyl halides is 3. The predicted octanol–water partition coefficient (Wildman–Crippen LogP) is 6.11. The molecule has 2 amide bonds. The second kappa shape index (κ2) is 8.66. The Kier molecular flexibility index (Phi) is 6.21. The first-order valence-corrected chi connectivity index (χ1v) is 9.28. The summed E-state index contributed by atoms with van der Waals surface area (Å²) < 4.78 is 51.9. The standard InChI is InChI=1S/C21H13BrF4N2O2/c22-18-11-14(23)7-8-17(18)20(30)28-15-5-1-3-12(9-15)19(29)27-16-6-2-4-13(10-16)21(24,25)26/h1-11H,(H,27,29)(H,28,30). The van der Waals surface area contributed by atoms with Gasteiger partial charge in [0.25, 0.3) is 11.8 Å². The zero-order valence-electron chi connectivity index (χ0n) is 15.1. The number of carbonyl (C=O) groups excluding carboxylic acids is 2. The minimum atomic E-state index is -4.53. The van der Waals surface area contributed by atoms with Crippen LogP contribution in [0.1, 0.15) is 26.3 Å². The highest BCUT2D eigenvalue weighted by molar-refractivity contribution is 9.10. The molecular formula is C21H13BrF4N2O2. The molecule has 0 spiro atoms. The number of halogens is 5. The van der Waals surface area contributed by atoms with E-state index in [1.807, 2.05) is 0 Å². The van der Waals surface area contributed by atoms with E-state index in [1.54, 1.807) is 0 Å². The van der Waals surface area contributed by atoms with Crippen molar-refractivity contribution in [2.24, 2.45) is 0 Å². The number of carbonyl (C=O) groups is 2. The van der Waals surface area contributed by atoms with E-state index >= 15 is 0 Å². The summed E-state index contributed by atoms with van der Waals surface area (Å²) in [4.78, 5) is 24.8. The number of anilines is 2. The number of nitrogens with one attached hydrogen (secondary N) is 2. The van der Waals surface area contributed by atoms with Crippen LogP contribution in [0, 0.1) is 5.82 Å². The molecule has 154 valence electrons. The van der Waals surface area contributed by atoms with E-state index < -0.39 is 29.4 Å². The first-order chi connectivity index (χ1) is 14.1. The third-order valence-electron chi connectivity index (χ3n) is 4.01. The maximum Gasteiger partial charge on any atom is 0.416 e. The van der Waals surface area contributed by atoms with Crippen molar-refractivity contribution < 1.29 is 27.2 Å². The van der Waals surface area contributed by atoms with Gasteiger partial charge in [0.1, 0.15) is 5.82 Å². The molecule has 0 aliphatic rings. The maximum absolute atomic E-state index is 13.2. The van der Waals surface area contributed by atoms with Gasteiger partial charge in [0.15, 0.2) is 0 Å². The molecule has 0 radical (unpaired) electrons. The molecule has 0 saturated heterocycles. The molecule has 0 unspecified atom stereocenters. The molecule has 0 bridgehead atoms. The SMILES string of the molecule is O=C(Nc1cccc(C(F)(F)F)c1)c1cccc(NC(=O)c2ccc(F)cc2Br)c1. The summed E-state index contributed by atoms with van der Waals surface area (Å²) in [6.45, 7) is 0. The van der Waals surface area contributed by atoms with Crippen molar-refractivity contribution >= 4 is 39.1 Å². The van der Waals surface area contributed by atoms with Gasteiger partial charge in [-0.15, -0.1) is 0 Å². The van der Waals surface area contributed by atoms with Crippen LogP contribution in [0.2, 0.25) is 0 Å². The van der Waals surface area contributed by atoms with Crippen molar-refractivity contribution in [3.05, 3.63) is 93.7 Å². The van der Waals surface area contributed by atoms with Gasteiger partial charge < -0.3 is 10.6 Å². The molecule has 3 rings (SSSR count). The normalized spacial score (nSPS) is 11.1. The van der Waals surface area contributed by atoms with Crippen LogP contribution in [-0.4, -0.2) is 11.8 Å². The lowest BCUT2D eigenvalue weighted by atomic mass is 10.1. The summed E-state index contributed by atoms with van der Waals surface area (Å²) in [7, 11) is 0. The molecular weight excluding hydrogens is 468 g/mol. The topological polar surface area (TPSA) is 58.2 Å². The molecule has 3 aromatic rings. The molecule has 0 aliphatic heterocycles. The summed E-state index contributed by atoms with van der Waals surface area (Å²) in [5.41, 5.74) is -0.294. The van der Waals surface area contributed by atoms with E-state index in [0.717, 1.165) is 24.3 Å². The zero-order chi connectivity index (χ0) is 21.9. The van der Waals surface area contributed by atoms with E-state index in [4.69, 9.17) is 0 Å². The van der Waals surface area contributed by atoms with E-state index in [2.05, 4.69) is 26.6 Å². The Labute approximate surface area is 177 Å². The largest absolute Gasteiger partial charge is 0.416 e. The molecule has 3 aromatic carbocycles. The van der Waals surface area contributed by atoms with Gasteiger partial charge in [-0.25, -0.2) is 4.39 Å².